The number of urea groups is 1. The lowest BCUT2D eigenvalue weighted by Crippen LogP contribution is -2.36. The Bertz CT molecular complexity index is 720. The number of unbranched alkanes of at least 4 members (excludes halogenated alkanes) is 1. The van der Waals surface area contributed by atoms with Crippen molar-refractivity contribution in [2.45, 2.75) is 70.1 Å². The maximum Gasteiger partial charge on any atom is 0.407 e. The topological polar surface area (TPSA) is 119 Å². The molecule has 3 amide bonds. The van der Waals surface area contributed by atoms with Gasteiger partial charge in [-0.1, -0.05) is 46.6 Å². The van der Waals surface area contributed by atoms with Crippen LogP contribution in [0.25, 0.3) is 0 Å². The summed E-state index contributed by atoms with van der Waals surface area (Å²) in [6, 6.07) is 0.268. The molecule has 10 nitrogen and oxygen atoms in total. The first-order valence-electron chi connectivity index (χ1n) is 13.9. The van der Waals surface area contributed by atoms with Crippen molar-refractivity contribution in [1.82, 2.24) is 21.3 Å². The van der Waals surface area contributed by atoms with E-state index in [1.807, 2.05) is 6.92 Å². The van der Waals surface area contributed by atoms with Gasteiger partial charge in [0.25, 0.3) is 0 Å². The summed E-state index contributed by atoms with van der Waals surface area (Å²) < 4.78 is 22.0. The van der Waals surface area contributed by atoms with Crippen LogP contribution in [0.15, 0.2) is 0 Å². The van der Waals surface area contributed by atoms with Crippen LogP contribution in [-0.2, 0) is 18.9 Å². The fraction of sp³-hybridized carbons (Fsp3) is 0.852. The van der Waals surface area contributed by atoms with E-state index < -0.39 is 6.09 Å². The van der Waals surface area contributed by atoms with Crippen LogP contribution in [0.1, 0.15) is 53.9 Å². The van der Waals surface area contributed by atoms with Crippen LogP contribution in [0.3, 0.4) is 0 Å². The molecule has 0 aliphatic carbocycles. The molecule has 0 fully saturated rings. The van der Waals surface area contributed by atoms with Crippen molar-refractivity contribution in [1.29, 1.82) is 0 Å². The van der Waals surface area contributed by atoms with Gasteiger partial charge < -0.3 is 40.2 Å². The summed E-state index contributed by atoms with van der Waals surface area (Å²) in [4.78, 5) is 23.6. The van der Waals surface area contributed by atoms with Crippen LogP contribution >= 0.6 is 32.5 Å². The third-order valence-corrected chi connectivity index (χ3v) is 9.10. The van der Waals surface area contributed by atoms with Gasteiger partial charge in [-0.25, -0.2) is 9.59 Å². The van der Waals surface area contributed by atoms with E-state index in [4.69, 9.17) is 18.9 Å². The number of rotatable bonds is 23. The second kappa shape index (κ2) is 25.7. The maximum atomic E-state index is 11.9. The first-order chi connectivity index (χ1) is 19.0. The fourth-order valence-electron chi connectivity index (χ4n) is 2.74. The second-order valence-electron chi connectivity index (χ2n) is 10.0. The highest BCUT2D eigenvalue weighted by Gasteiger charge is 2.21. The largest absolute Gasteiger partial charge is 0.450 e. The molecule has 0 radical (unpaired) electrons. The van der Waals surface area contributed by atoms with E-state index in [9.17, 15) is 9.59 Å². The Morgan fingerprint density at radius 1 is 0.875 bits per heavy atom. The van der Waals surface area contributed by atoms with Gasteiger partial charge in [-0.3, -0.25) is 0 Å². The van der Waals surface area contributed by atoms with Crippen molar-refractivity contribution in [2.75, 3.05) is 78.3 Å². The number of alkyl carbamates (subject to hydrolysis) is 1. The third-order valence-electron chi connectivity index (χ3n) is 4.88. The van der Waals surface area contributed by atoms with Gasteiger partial charge in [0.1, 0.15) is 5.44 Å². The molecular weight excluding hydrogens is 573 g/mol. The summed E-state index contributed by atoms with van der Waals surface area (Å²) in [7, 11) is 3.14. The summed E-state index contributed by atoms with van der Waals surface area (Å²) in [5.74, 6) is 2.95. The zero-order chi connectivity index (χ0) is 30.1. The maximum absolute atomic E-state index is 11.9. The summed E-state index contributed by atoms with van der Waals surface area (Å²) in [6.45, 7) is 15.7. The summed E-state index contributed by atoms with van der Waals surface area (Å²) in [5.41, 5.74) is 0.0352. The molecule has 40 heavy (non-hydrogen) atoms. The van der Waals surface area contributed by atoms with Crippen LogP contribution in [0.5, 0.6) is 0 Å². The molecule has 0 rings (SSSR count). The Morgan fingerprint density at radius 3 is 2.25 bits per heavy atom. The molecule has 236 valence electrons. The van der Waals surface area contributed by atoms with Crippen molar-refractivity contribution in [3.8, 4) is 11.2 Å². The van der Waals surface area contributed by atoms with Crippen molar-refractivity contribution in [3.05, 3.63) is 0 Å². The van der Waals surface area contributed by atoms with Gasteiger partial charge in [0.15, 0.2) is 0 Å². The molecular formula is C27H54N4O6S3. The average Bonchev–Trinajstić information content (AvgIpc) is 2.88. The van der Waals surface area contributed by atoms with Crippen molar-refractivity contribution in [3.63, 3.8) is 0 Å². The number of carbonyl (C=O) groups is 2. The van der Waals surface area contributed by atoms with Crippen LogP contribution < -0.4 is 21.3 Å². The minimum absolute atomic E-state index is 0.0352. The zero-order valence-corrected chi connectivity index (χ0v) is 28.1. The highest BCUT2D eigenvalue weighted by Crippen LogP contribution is 2.40. The molecule has 13 heteroatoms. The smallest absolute Gasteiger partial charge is 0.407 e. The molecule has 1 atom stereocenters. The predicted molar refractivity (Wildman–Crippen MR) is 173 cm³/mol. The van der Waals surface area contributed by atoms with Crippen LogP contribution in [0.2, 0.25) is 0 Å². The fourth-order valence-corrected chi connectivity index (χ4v) is 5.45. The van der Waals surface area contributed by atoms with E-state index >= 15 is 0 Å². The lowest BCUT2D eigenvalue weighted by Gasteiger charge is -2.24. The Morgan fingerprint density at radius 2 is 1.57 bits per heavy atom. The normalized spacial score (nSPS) is 12.3. The standard InChI is InChI=1S/C27H54N4O6S3/c1-23(2)28-14-18-34-20-21-35-19-15-31-26(33)37-17-11-27(4,5)39-38-24(3)36-16-9-8-12-29-25(32)30-13-10-22-40(6)7/h23-24,28,40H,8-9,11-21H2,1-7H3,(H,31,33)(H2,29,30,32). The number of thiol groups is 1. The molecule has 0 aromatic carbocycles. The lowest BCUT2D eigenvalue weighted by atomic mass is 10.1. The van der Waals surface area contributed by atoms with Gasteiger partial charge in [0.05, 0.1) is 39.6 Å². The van der Waals surface area contributed by atoms with Crippen LogP contribution in [0, 0.1) is 11.2 Å². The summed E-state index contributed by atoms with van der Waals surface area (Å²) in [6.07, 6.45) is 6.16. The Hall–Kier alpha value is -1.01. The average molecular weight is 627 g/mol. The SMILES string of the molecule is CC(C)NCCOCCOCCNC(=O)OCCC(C)(C)SSC(C)OCCCCNC(=O)NCC#C[SH](C)C. The molecule has 0 spiro atoms. The molecule has 1 unspecified atom stereocenters. The van der Waals surface area contributed by atoms with E-state index in [1.54, 1.807) is 21.6 Å². The van der Waals surface area contributed by atoms with E-state index in [0.29, 0.717) is 65.3 Å². The highest BCUT2D eigenvalue weighted by molar-refractivity contribution is 8.77. The molecule has 0 heterocycles. The number of ether oxygens (including phenoxy) is 4. The monoisotopic (exact) mass is 626 g/mol. The summed E-state index contributed by atoms with van der Waals surface area (Å²) in [5, 5.41) is 14.6. The third kappa shape index (κ3) is 28.5. The molecule has 0 aromatic rings. The molecule has 4 N–H and O–H groups in total. The van der Waals surface area contributed by atoms with Gasteiger partial charge in [-0.15, -0.1) is 0 Å². The lowest BCUT2D eigenvalue weighted by molar-refractivity contribution is 0.0489. The summed E-state index contributed by atoms with van der Waals surface area (Å²) >= 11 is 0. The number of carbonyl (C=O) groups excluding carboxylic acids is 2. The second-order valence-corrected chi connectivity index (χ2v) is 15.2. The number of hydrogen-bond acceptors (Lipinski definition) is 9. The minimum Gasteiger partial charge on any atom is -0.450 e. The van der Waals surface area contributed by atoms with Crippen molar-refractivity contribution in [2.24, 2.45) is 0 Å². The molecule has 0 bridgehead atoms. The van der Waals surface area contributed by atoms with Gasteiger partial charge >= 0.3 is 12.1 Å². The molecule has 0 aliphatic rings. The van der Waals surface area contributed by atoms with Crippen molar-refractivity contribution >= 4 is 44.6 Å². The predicted octanol–water partition coefficient (Wildman–Crippen LogP) is 3.96. The molecule has 0 saturated carbocycles. The van der Waals surface area contributed by atoms with Gasteiger partial charge in [-0.2, -0.15) is 10.9 Å². The zero-order valence-electron chi connectivity index (χ0n) is 25.6. The Kier molecular flexibility index (Phi) is 25.0. The molecule has 0 saturated heterocycles. The van der Waals surface area contributed by atoms with Crippen LogP contribution in [-0.4, -0.2) is 107 Å². The highest BCUT2D eigenvalue weighted by atomic mass is 33.1. The minimum atomic E-state index is -0.433. The van der Waals surface area contributed by atoms with Gasteiger partial charge in [-0.05, 0) is 52.5 Å². The van der Waals surface area contributed by atoms with Gasteiger partial charge in [0.2, 0.25) is 0 Å². The van der Waals surface area contributed by atoms with E-state index in [2.05, 4.69) is 72.6 Å². The molecule has 0 aliphatic heterocycles. The van der Waals surface area contributed by atoms with Gasteiger partial charge in [0, 0.05) is 37.0 Å². The Labute approximate surface area is 253 Å². The van der Waals surface area contributed by atoms with E-state index in [-0.39, 0.29) is 27.1 Å². The quantitative estimate of drug-likeness (QED) is 0.0378. The van der Waals surface area contributed by atoms with E-state index in [1.165, 1.54) is 0 Å². The number of nitrogens with one attached hydrogen (secondary N) is 4. The molecule has 0 aromatic heterocycles. The van der Waals surface area contributed by atoms with Crippen molar-refractivity contribution < 1.29 is 28.5 Å². The Balaban J connectivity index is 3.67. The first kappa shape index (κ1) is 39.0. The van der Waals surface area contributed by atoms with E-state index in [0.717, 1.165) is 25.8 Å². The van der Waals surface area contributed by atoms with Crippen LogP contribution in [0.4, 0.5) is 9.59 Å². The first-order valence-corrected chi connectivity index (χ1v) is 18.4. The number of hydrogen-bond donors (Lipinski definition) is 5. The number of amides is 3.